The van der Waals surface area contributed by atoms with Crippen LogP contribution in [-0.2, 0) is 16.6 Å². The Morgan fingerprint density at radius 1 is 1.23 bits per heavy atom. The van der Waals surface area contributed by atoms with Crippen LogP contribution in [0.3, 0.4) is 0 Å². The zero-order chi connectivity index (χ0) is 21.9. The van der Waals surface area contributed by atoms with Crippen LogP contribution >= 0.6 is 0 Å². The van der Waals surface area contributed by atoms with Crippen molar-refractivity contribution in [2.75, 3.05) is 27.2 Å². The number of carbonyl (C=O) groups excluding carboxylic acids is 1. The van der Waals surface area contributed by atoms with Gasteiger partial charge in [-0.05, 0) is 43.1 Å². The third-order valence-corrected chi connectivity index (χ3v) is 7.18. The van der Waals surface area contributed by atoms with Gasteiger partial charge < -0.3 is 4.90 Å². The number of amides is 1. The molecule has 2 atom stereocenters. The summed E-state index contributed by atoms with van der Waals surface area (Å²) >= 11 is 0. The normalized spacial score (nSPS) is 20.1. The predicted octanol–water partition coefficient (Wildman–Crippen LogP) is 2.72. The minimum Gasteiger partial charge on any atom is -0.338 e. The number of halogens is 1. The lowest BCUT2D eigenvalue weighted by molar-refractivity contribution is 0.0498. The van der Waals surface area contributed by atoms with E-state index in [9.17, 15) is 17.6 Å². The minimum atomic E-state index is -3.99. The molecule has 2 aromatic carbocycles. The van der Waals surface area contributed by atoms with Gasteiger partial charge in [0.25, 0.3) is 5.91 Å². The average Bonchev–Trinajstić information content (AvgIpc) is 2.74. The van der Waals surface area contributed by atoms with Crippen molar-refractivity contribution in [3.63, 3.8) is 0 Å². The van der Waals surface area contributed by atoms with Gasteiger partial charge in [0.15, 0.2) is 0 Å². The van der Waals surface area contributed by atoms with Crippen molar-refractivity contribution in [3.05, 3.63) is 65.5 Å². The van der Waals surface area contributed by atoms with Gasteiger partial charge >= 0.3 is 0 Å². The molecule has 0 radical (unpaired) electrons. The standard InChI is InChI=1S/C22H28FN3O3S/c1-16-14-26(15-17-7-5-4-6-8-17)12-11-20(16)25(3)22(27)18-9-10-19(23)21(13-18)30(28,29)24-2/h4-10,13,16,20,24H,11-12,14-15H2,1-3H3/t16-,20-/m1/s1. The van der Waals surface area contributed by atoms with Gasteiger partial charge in [-0.15, -0.1) is 0 Å². The molecule has 1 N–H and O–H groups in total. The Morgan fingerprint density at radius 2 is 1.93 bits per heavy atom. The fourth-order valence-electron chi connectivity index (χ4n) is 4.09. The average molecular weight is 434 g/mol. The molecule has 0 aromatic heterocycles. The van der Waals surface area contributed by atoms with Crippen LogP contribution in [-0.4, -0.2) is 57.4 Å². The molecule has 162 valence electrons. The summed E-state index contributed by atoms with van der Waals surface area (Å²) in [5.74, 6) is -0.945. The van der Waals surface area contributed by atoms with E-state index in [-0.39, 0.29) is 23.4 Å². The van der Waals surface area contributed by atoms with Gasteiger partial charge in [0.05, 0.1) is 0 Å². The summed E-state index contributed by atoms with van der Waals surface area (Å²) in [5, 5.41) is 0. The SMILES string of the molecule is CNS(=O)(=O)c1cc(C(=O)N(C)[C@@H]2CCN(Cc3ccccc3)C[C@H]2C)ccc1F. The number of piperidine rings is 1. The number of rotatable bonds is 6. The molecule has 0 unspecified atom stereocenters. The zero-order valence-electron chi connectivity index (χ0n) is 17.5. The van der Waals surface area contributed by atoms with Crippen LogP contribution in [0.15, 0.2) is 53.4 Å². The first-order valence-corrected chi connectivity index (χ1v) is 11.5. The summed E-state index contributed by atoms with van der Waals surface area (Å²) in [6, 6.07) is 13.8. The molecule has 1 heterocycles. The van der Waals surface area contributed by atoms with Gasteiger partial charge in [0.2, 0.25) is 10.0 Å². The van der Waals surface area contributed by atoms with Crippen LogP contribution in [0.1, 0.15) is 29.3 Å². The van der Waals surface area contributed by atoms with Crippen LogP contribution < -0.4 is 4.72 Å². The van der Waals surface area contributed by atoms with Crippen molar-refractivity contribution >= 4 is 15.9 Å². The summed E-state index contributed by atoms with van der Waals surface area (Å²) in [4.78, 5) is 16.5. The van der Waals surface area contributed by atoms with Crippen molar-refractivity contribution in [1.29, 1.82) is 0 Å². The molecule has 30 heavy (non-hydrogen) atoms. The van der Waals surface area contributed by atoms with Crippen LogP contribution in [0.2, 0.25) is 0 Å². The number of benzene rings is 2. The van der Waals surface area contributed by atoms with E-state index in [1.807, 2.05) is 18.2 Å². The predicted molar refractivity (Wildman–Crippen MR) is 114 cm³/mol. The molecule has 6 nitrogen and oxygen atoms in total. The molecule has 0 bridgehead atoms. The number of nitrogens with zero attached hydrogens (tertiary/aromatic N) is 2. The number of nitrogens with one attached hydrogen (secondary N) is 1. The van der Waals surface area contributed by atoms with Gasteiger partial charge in [0, 0.05) is 38.3 Å². The molecule has 1 amide bonds. The maximum Gasteiger partial charge on any atom is 0.253 e. The highest BCUT2D eigenvalue weighted by Gasteiger charge is 2.32. The van der Waals surface area contributed by atoms with E-state index >= 15 is 0 Å². The number of sulfonamides is 1. The Labute approximate surface area is 177 Å². The Balaban J connectivity index is 1.70. The quantitative estimate of drug-likeness (QED) is 0.761. The lowest BCUT2D eigenvalue weighted by Crippen LogP contribution is -2.50. The first-order chi connectivity index (χ1) is 14.2. The van der Waals surface area contributed by atoms with Crippen LogP contribution in [0.4, 0.5) is 4.39 Å². The topological polar surface area (TPSA) is 69.7 Å². The van der Waals surface area contributed by atoms with E-state index in [1.54, 1.807) is 11.9 Å². The van der Waals surface area contributed by atoms with E-state index < -0.39 is 20.7 Å². The van der Waals surface area contributed by atoms with Gasteiger partial charge in [-0.25, -0.2) is 17.5 Å². The summed E-state index contributed by atoms with van der Waals surface area (Å²) in [7, 11) is -1.05. The summed E-state index contributed by atoms with van der Waals surface area (Å²) in [5.41, 5.74) is 1.42. The second-order valence-electron chi connectivity index (χ2n) is 7.82. The minimum absolute atomic E-state index is 0.0268. The maximum atomic E-state index is 14.0. The van der Waals surface area contributed by atoms with Gasteiger partial charge in [-0.2, -0.15) is 0 Å². The molecular formula is C22H28FN3O3S. The largest absolute Gasteiger partial charge is 0.338 e. The second-order valence-corrected chi connectivity index (χ2v) is 9.68. The van der Waals surface area contributed by atoms with Crippen molar-refractivity contribution in [2.24, 2.45) is 5.92 Å². The van der Waals surface area contributed by atoms with Crippen molar-refractivity contribution < 1.29 is 17.6 Å². The molecular weight excluding hydrogens is 405 g/mol. The molecule has 0 saturated carbocycles. The number of carbonyl (C=O) groups is 1. The molecule has 1 saturated heterocycles. The Morgan fingerprint density at radius 3 is 2.57 bits per heavy atom. The fraction of sp³-hybridized carbons (Fsp3) is 0.409. The van der Waals surface area contributed by atoms with Crippen LogP contribution in [0.25, 0.3) is 0 Å². The molecule has 2 aromatic rings. The van der Waals surface area contributed by atoms with Crippen molar-refractivity contribution in [3.8, 4) is 0 Å². The summed E-state index contributed by atoms with van der Waals surface area (Å²) < 4.78 is 40.1. The smallest absolute Gasteiger partial charge is 0.253 e. The first kappa shape index (κ1) is 22.4. The lowest BCUT2D eigenvalue weighted by atomic mass is 9.92. The number of hydrogen-bond acceptors (Lipinski definition) is 4. The number of likely N-dealkylation sites (tertiary alicyclic amines) is 1. The second kappa shape index (κ2) is 9.24. The third-order valence-electron chi connectivity index (χ3n) is 5.75. The highest BCUT2D eigenvalue weighted by molar-refractivity contribution is 7.89. The van der Waals surface area contributed by atoms with Crippen molar-refractivity contribution in [2.45, 2.75) is 30.8 Å². The van der Waals surface area contributed by atoms with Crippen molar-refractivity contribution in [1.82, 2.24) is 14.5 Å². The number of hydrogen-bond donors (Lipinski definition) is 1. The van der Waals surface area contributed by atoms with Gasteiger partial charge in [0.1, 0.15) is 10.7 Å². The molecule has 1 fully saturated rings. The molecule has 3 rings (SSSR count). The molecule has 1 aliphatic rings. The highest BCUT2D eigenvalue weighted by Crippen LogP contribution is 2.25. The Kier molecular flexibility index (Phi) is 6.90. The van der Waals surface area contributed by atoms with Crippen LogP contribution in [0.5, 0.6) is 0 Å². The van der Waals surface area contributed by atoms with Gasteiger partial charge in [-0.3, -0.25) is 9.69 Å². The molecule has 0 spiro atoms. The van der Waals surface area contributed by atoms with Crippen LogP contribution in [0, 0.1) is 11.7 Å². The zero-order valence-corrected chi connectivity index (χ0v) is 18.3. The Hall–Kier alpha value is -2.29. The molecule has 0 aliphatic carbocycles. The van der Waals surface area contributed by atoms with E-state index in [0.717, 1.165) is 38.2 Å². The maximum absolute atomic E-state index is 14.0. The first-order valence-electron chi connectivity index (χ1n) is 9.99. The van der Waals surface area contributed by atoms with E-state index in [4.69, 9.17) is 0 Å². The monoisotopic (exact) mass is 433 g/mol. The summed E-state index contributed by atoms with van der Waals surface area (Å²) in [6.45, 7) is 4.72. The molecule has 8 heteroatoms. The van der Waals surface area contributed by atoms with E-state index in [1.165, 1.54) is 18.7 Å². The molecule has 1 aliphatic heterocycles. The highest BCUT2D eigenvalue weighted by atomic mass is 32.2. The van der Waals surface area contributed by atoms with Gasteiger partial charge in [-0.1, -0.05) is 37.3 Å². The summed E-state index contributed by atoms with van der Waals surface area (Å²) in [6.07, 6.45) is 0.819. The van der Waals surface area contributed by atoms with E-state index in [2.05, 4.69) is 28.7 Å². The Bertz CT molecular complexity index is 998. The van der Waals surface area contributed by atoms with E-state index in [0.29, 0.717) is 0 Å². The fourth-order valence-corrected chi connectivity index (χ4v) is 4.91. The third kappa shape index (κ3) is 4.88. The lowest BCUT2D eigenvalue weighted by Gasteiger charge is -2.41.